The Balaban J connectivity index is 1.37. The number of benzene rings is 2. The van der Waals surface area contributed by atoms with E-state index in [9.17, 15) is 4.79 Å². The van der Waals surface area contributed by atoms with Crippen LogP contribution in [0.1, 0.15) is 55.1 Å². The lowest BCUT2D eigenvalue weighted by Crippen LogP contribution is -2.33. The number of carbonyl (C=O) groups is 1. The largest absolute Gasteiger partial charge is 0.497 e. The van der Waals surface area contributed by atoms with Gasteiger partial charge in [0.15, 0.2) is 0 Å². The van der Waals surface area contributed by atoms with Crippen molar-refractivity contribution in [2.24, 2.45) is 10.8 Å². The molecule has 3 aliphatic carbocycles. The highest BCUT2D eigenvalue weighted by Gasteiger charge is 2.72. The van der Waals surface area contributed by atoms with Crippen LogP contribution in [0, 0.1) is 10.8 Å². The van der Waals surface area contributed by atoms with E-state index < -0.39 is 0 Å². The van der Waals surface area contributed by atoms with E-state index in [1.807, 2.05) is 24.3 Å². The van der Waals surface area contributed by atoms with Gasteiger partial charge in [-0.3, -0.25) is 4.79 Å². The Kier molecular flexibility index (Phi) is 3.65. The first kappa shape index (κ1) is 16.9. The van der Waals surface area contributed by atoms with Crippen LogP contribution in [0.5, 0.6) is 11.5 Å². The molecule has 0 bridgehead atoms. The maximum Gasteiger partial charge on any atom is 0.146 e. The highest BCUT2D eigenvalue weighted by Crippen LogP contribution is 2.75. The second kappa shape index (κ2) is 5.85. The van der Waals surface area contributed by atoms with Crippen LogP contribution in [0.4, 0.5) is 0 Å². The molecule has 3 heteroatoms. The summed E-state index contributed by atoms with van der Waals surface area (Å²) in [6, 6.07) is 16.6. The zero-order valence-electron chi connectivity index (χ0n) is 16.0. The van der Waals surface area contributed by atoms with Crippen LogP contribution in [-0.2, 0) is 4.79 Å². The van der Waals surface area contributed by atoms with Crippen LogP contribution >= 0.6 is 0 Å². The standard InChI is InChI=1S/C24H26O3/c1-26-18-8-4-16(5-9-18)20-14-23(20)12-3-13-24(22(23)25)15-21(24)17-6-10-19(27-2)11-7-17/h4-11,20-21H,3,12-15H2,1-2H3/t20-,21-,23-,24+/m0/s1. The van der Waals surface area contributed by atoms with Crippen molar-refractivity contribution in [2.45, 2.75) is 43.9 Å². The Labute approximate surface area is 160 Å². The molecule has 27 heavy (non-hydrogen) atoms. The summed E-state index contributed by atoms with van der Waals surface area (Å²) in [5.74, 6) is 3.08. The zero-order valence-corrected chi connectivity index (χ0v) is 16.0. The van der Waals surface area contributed by atoms with Gasteiger partial charge in [-0.2, -0.15) is 0 Å². The molecule has 0 heterocycles. The molecule has 0 aliphatic heterocycles. The Morgan fingerprint density at radius 1 is 0.741 bits per heavy atom. The second-order valence-electron chi connectivity index (χ2n) is 8.55. The second-order valence-corrected chi connectivity index (χ2v) is 8.55. The highest BCUT2D eigenvalue weighted by atomic mass is 16.5. The van der Waals surface area contributed by atoms with Gasteiger partial charge >= 0.3 is 0 Å². The number of rotatable bonds is 4. The molecule has 4 atom stereocenters. The van der Waals surface area contributed by atoms with E-state index in [1.165, 1.54) is 17.5 Å². The molecule has 140 valence electrons. The van der Waals surface area contributed by atoms with Crippen molar-refractivity contribution in [2.75, 3.05) is 14.2 Å². The quantitative estimate of drug-likeness (QED) is 0.759. The molecule has 0 saturated heterocycles. The summed E-state index contributed by atoms with van der Waals surface area (Å²) in [4.78, 5) is 13.7. The molecule has 0 radical (unpaired) electrons. The smallest absolute Gasteiger partial charge is 0.146 e. The van der Waals surface area contributed by atoms with Gasteiger partial charge in [0.05, 0.1) is 14.2 Å². The minimum atomic E-state index is -0.103. The summed E-state index contributed by atoms with van der Waals surface area (Å²) >= 11 is 0. The van der Waals surface area contributed by atoms with Crippen molar-refractivity contribution < 1.29 is 14.3 Å². The monoisotopic (exact) mass is 362 g/mol. The number of ketones is 1. The fraction of sp³-hybridized carbons (Fsp3) is 0.458. The minimum Gasteiger partial charge on any atom is -0.497 e. The predicted molar refractivity (Wildman–Crippen MR) is 104 cm³/mol. The van der Waals surface area contributed by atoms with Crippen molar-refractivity contribution in [1.82, 2.24) is 0 Å². The van der Waals surface area contributed by atoms with Crippen molar-refractivity contribution in [1.29, 1.82) is 0 Å². The number of hydrogen-bond acceptors (Lipinski definition) is 3. The molecule has 3 fully saturated rings. The van der Waals surface area contributed by atoms with E-state index >= 15 is 0 Å². The first-order chi connectivity index (χ1) is 13.1. The molecule has 2 spiro atoms. The van der Waals surface area contributed by atoms with Gasteiger partial charge in [0.2, 0.25) is 0 Å². The average molecular weight is 362 g/mol. The first-order valence-electron chi connectivity index (χ1n) is 9.96. The van der Waals surface area contributed by atoms with E-state index in [0.717, 1.165) is 37.2 Å². The van der Waals surface area contributed by atoms with Crippen molar-refractivity contribution >= 4 is 5.78 Å². The van der Waals surface area contributed by atoms with Crippen LogP contribution in [0.15, 0.2) is 48.5 Å². The normalized spacial score (nSPS) is 33.9. The number of methoxy groups -OCH3 is 2. The maximum atomic E-state index is 13.7. The van der Waals surface area contributed by atoms with Crippen LogP contribution < -0.4 is 9.47 Å². The third-order valence-corrected chi connectivity index (χ3v) is 7.34. The minimum absolute atomic E-state index is 0.103. The Morgan fingerprint density at radius 3 is 1.52 bits per heavy atom. The van der Waals surface area contributed by atoms with E-state index in [-0.39, 0.29) is 10.8 Å². The van der Waals surface area contributed by atoms with Gasteiger partial charge in [-0.25, -0.2) is 0 Å². The summed E-state index contributed by atoms with van der Waals surface area (Å²) in [6.45, 7) is 0. The third-order valence-electron chi connectivity index (χ3n) is 7.34. The lowest BCUT2D eigenvalue weighted by atomic mass is 9.72. The Morgan fingerprint density at radius 2 is 1.15 bits per heavy atom. The van der Waals surface area contributed by atoms with E-state index in [1.54, 1.807) is 14.2 Å². The zero-order chi connectivity index (χ0) is 18.6. The number of carbonyl (C=O) groups excluding carboxylic acids is 1. The van der Waals surface area contributed by atoms with Gasteiger partial charge < -0.3 is 9.47 Å². The summed E-state index contributed by atoms with van der Waals surface area (Å²) < 4.78 is 10.5. The fourth-order valence-electron chi connectivity index (χ4n) is 5.65. The third kappa shape index (κ3) is 2.44. The van der Waals surface area contributed by atoms with Crippen molar-refractivity contribution in [3.05, 3.63) is 59.7 Å². The fourth-order valence-corrected chi connectivity index (χ4v) is 5.65. The molecule has 3 saturated carbocycles. The van der Waals surface area contributed by atoms with Crippen molar-refractivity contribution in [3.63, 3.8) is 0 Å². The van der Waals surface area contributed by atoms with Crippen LogP contribution in [0.25, 0.3) is 0 Å². The molecule has 0 aromatic heterocycles. The highest BCUT2D eigenvalue weighted by molar-refractivity contribution is 5.98. The van der Waals surface area contributed by atoms with Gasteiger partial charge in [-0.05, 0) is 72.9 Å². The van der Waals surface area contributed by atoms with Gasteiger partial charge in [0.1, 0.15) is 17.3 Å². The molecule has 3 aliphatic rings. The molecular weight excluding hydrogens is 336 g/mol. The Hall–Kier alpha value is -2.29. The molecule has 2 aromatic carbocycles. The van der Waals surface area contributed by atoms with E-state index in [4.69, 9.17) is 9.47 Å². The van der Waals surface area contributed by atoms with E-state index in [2.05, 4.69) is 24.3 Å². The molecule has 0 amide bonds. The summed E-state index contributed by atoms with van der Waals surface area (Å²) in [5, 5.41) is 0. The number of hydrogen-bond donors (Lipinski definition) is 0. The number of ether oxygens (including phenoxy) is 2. The van der Waals surface area contributed by atoms with Gasteiger partial charge in [0, 0.05) is 10.8 Å². The van der Waals surface area contributed by atoms with Gasteiger partial charge in [-0.1, -0.05) is 30.7 Å². The van der Waals surface area contributed by atoms with Crippen molar-refractivity contribution in [3.8, 4) is 11.5 Å². The predicted octanol–water partition coefficient (Wildman–Crippen LogP) is 5.10. The molecule has 3 nitrogen and oxygen atoms in total. The van der Waals surface area contributed by atoms with Gasteiger partial charge in [0.25, 0.3) is 0 Å². The van der Waals surface area contributed by atoms with Gasteiger partial charge in [-0.15, -0.1) is 0 Å². The van der Waals surface area contributed by atoms with E-state index in [0.29, 0.717) is 17.6 Å². The lowest BCUT2D eigenvalue weighted by molar-refractivity contribution is -0.132. The summed E-state index contributed by atoms with van der Waals surface area (Å²) in [6.07, 6.45) is 5.33. The molecule has 2 aromatic rings. The lowest BCUT2D eigenvalue weighted by Gasteiger charge is -2.30. The molecule has 0 N–H and O–H groups in total. The number of Topliss-reactive ketones (excluding diaryl/α,β-unsaturated/α-hetero) is 1. The molecular formula is C24H26O3. The first-order valence-corrected chi connectivity index (χ1v) is 9.96. The van der Waals surface area contributed by atoms with Crippen LogP contribution in [-0.4, -0.2) is 20.0 Å². The summed E-state index contributed by atoms with van der Waals surface area (Å²) in [5.41, 5.74) is 2.38. The average Bonchev–Trinajstić information content (AvgIpc) is 3.62. The SMILES string of the molecule is COc1ccc([C@@H]2C[C@]23CCC[C@@]2(C[C@H]2c2ccc(OC)cc2)C3=O)cc1. The van der Waals surface area contributed by atoms with Crippen LogP contribution in [0.2, 0.25) is 0 Å². The topological polar surface area (TPSA) is 35.5 Å². The van der Waals surface area contributed by atoms with Crippen LogP contribution in [0.3, 0.4) is 0 Å². The summed E-state index contributed by atoms with van der Waals surface area (Å²) in [7, 11) is 3.38. The molecule has 5 rings (SSSR count). The maximum absolute atomic E-state index is 13.7. The molecule has 0 unspecified atom stereocenters. The Bertz CT molecular complexity index is 798.